The Morgan fingerprint density at radius 3 is 2.62 bits per heavy atom. The Morgan fingerprint density at radius 1 is 1.22 bits per heavy atom. The van der Waals surface area contributed by atoms with Gasteiger partial charge in [0.1, 0.15) is 6.04 Å². The number of carbonyl (C=O) groups is 3. The summed E-state index contributed by atoms with van der Waals surface area (Å²) in [7, 11) is 0. The van der Waals surface area contributed by atoms with Gasteiger partial charge in [0.15, 0.2) is 17.3 Å². The van der Waals surface area contributed by atoms with Crippen LogP contribution in [0.3, 0.4) is 0 Å². The molecule has 32 heavy (non-hydrogen) atoms. The molecule has 9 nitrogen and oxygen atoms in total. The second-order valence-corrected chi connectivity index (χ2v) is 8.39. The molecule has 162 valence electrons. The van der Waals surface area contributed by atoms with Crippen molar-refractivity contribution in [3.63, 3.8) is 0 Å². The van der Waals surface area contributed by atoms with Gasteiger partial charge in [-0.15, -0.1) is 29.1 Å². The van der Waals surface area contributed by atoms with Gasteiger partial charge in [-0.05, 0) is 12.1 Å². The summed E-state index contributed by atoms with van der Waals surface area (Å²) >= 11 is 2.60. The molecular formula is C21H16N4O5S2. The number of aromatic nitrogens is 2. The number of rotatable bonds is 8. The highest BCUT2D eigenvalue weighted by molar-refractivity contribution is 7.14. The van der Waals surface area contributed by atoms with Crippen LogP contribution < -0.4 is 10.6 Å². The second kappa shape index (κ2) is 9.27. The average molecular weight is 469 g/mol. The van der Waals surface area contributed by atoms with Gasteiger partial charge in [-0.3, -0.25) is 9.59 Å². The summed E-state index contributed by atoms with van der Waals surface area (Å²) in [6, 6.07) is 6.31. The third-order valence-corrected chi connectivity index (χ3v) is 6.00. The van der Waals surface area contributed by atoms with Crippen molar-refractivity contribution in [1.29, 1.82) is 0 Å². The van der Waals surface area contributed by atoms with E-state index in [1.807, 2.05) is 12.1 Å². The molecule has 4 rings (SSSR count). The normalized spacial score (nSPS) is 17.7. The van der Waals surface area contributed by atoms with E-state index in [2.05, 4.69) is 26.5 Å². The number of ether oxygens (including phenoxy) is 1. The van der Waals surface area contributed by atoms with Crippen molar-refractivity contribution in [2.75, 3.05) is 5.32 Å². The van der Waals surface area contributed by atoms with Crippen LogP contribution in [0.2, 0.25) is 0 Å². The van der Waals surface area contributed by atoms with E-state index in [1.54, 1.807) is 28.4 Å². The minimum atomic E-state index is -1.23. The number of hydrogen-bond donors (Lipinski definition) is 3. The van der Waals surface area contributed by atoms with Crippen LogP contribution in [0.15, 0.2) is 40.5 Å². The molecule has 0 bridgehead atoms. The number of amides is 2. The lowest BCUT2D eigenvalue weighted by molar-refractivity contribution is -0.138. The summed E-state index contributed by atoms with van der Waals surface area (Å²) in [6.45, 7) is 0. The largest absolute Gasteiger partial charge is 0.479 e. The maximum absolute atomic E-state index is 12.9. The first kappa shape index (κ1) is 21.6. The zero-order chi connectivity index (χ0) is 22.7. The molecule has 1 fully saturated rings. The molecule has 3 atom stereocenters. The number of anilines is 1. The summed E-state index contributed by atoms with van der Waals surface area (Å²) < 4.78 is 4.86. The highest BCUT2D eigenvalue weighted by Crippen LogP contribution is 2.26. The van der Waals surface area contributed by atoms with E-state index < -0.39 is 36.0 Å². The van der Waals surface area contributed by atoms with Crippen molar-refractivity contribution < 1.29 is 24.2 Å². The van der Waals surface area contributed by atoms with E-state index in [0.717, 1.165) is 11.1 Å². The number of nitrogens with one attached hydrogen (secondary N) is 2. The van der Waals surface area contributed by atoms with Crippen molar-refractivity contribution in [3.05, 3.63) is 51.8 Å². The Kier molecular flexibility index (Phi) is 6.27. The van der Waals surface area contributed by atoms with E-state index in [4.69, 9.17) is 16.3 Å². The van der Waals surface area contributed by atoms with E-state index in [-0.39, 0.29) is 6.42 Å². The van der Waals surface area contributed by atoms with Gasteiger partial charge in [-0.25, -0.2) is 14.8 Å². The lowest BCUT2D eigenvalue weighted by atomic mass is 10.1. The smallest absolute Gasteiger partial charge is 0.336 e. The Hall–Kier alpha value is -3.59. The van der Waals surface area contributed by atoms with Crippen molar-refractivity contribution in [1.82, 2.24) is 15.3 Å². The van der Waals surface area contributed by atoms with Crippen molar-refractivity contribution in [2.24, 2.45) is 0 Å². The van der Waals surface area contributed by atoms with Crippen molar-refractivity contribution in [3.8, 4) is 23.6 Å². The van der Waals surface area contributed by atoms with Gasteiger partial charge in [0.25, 0.3) is 5.91 Å². The highest BCUT2D eigenvalue weighted by atomic mass is 32.1. The molecule has 3 N–H and O–H groups in total. The lowest BCUT2D eigenvalue weighted by Crippen LogP contribution is -2.47. The molecule has 1 aliphatic rings. The number of carboxylic acid groups (broad SMARTS) is 1. The third-order valence-electron chi connectivity index (χ3n) is 4.60. The summed E-state index contributed by atoms with van der Waals surface area (Å²) in [5, 5.41) is 18.1. The van der Waals surface area contributed by atoms with Gasteiger partial charge >= 0.3 is 5.97 Å². The molecule has 1 saturated heterocycles. The number of epoxide rings is 1. The second-order valence-electron chi connectivity index (χ2n) is 6.81. The Bertz CT molecular complexity index is 1180. The predicted molar refractivity (Wildman–Crippen MR) is 118 cm³/mol. The van der Waals surface area contributed by atoms with Gasteiger partial charge in [-0.1, -0.05) is 18.1 Å². The highest BCUT2D eigenvalue weighted by Gasteiger charge is 2.51. The Labute approximate surface area is 190 Å². The molecule has 1 aromatic carbocycles. The van der Waals surface area contributed by atoms with Crippen LogP contribution in [0.4, 0.5) is 5.13 Å². The molecule has 0 aliphatic carbocycles. The summed E-state index contributed by atoms with van der Waals surface area (Å²) in [6.07, 6.45) is 3.20. The fourth-order valence-corrected chi connectivity index (χ4v) is 4.20. The van der Waals surface area contributed by atoms with Crippen LogP contribution in [-0.4, -0.2) is 51.1 Å². The van der Waals surface area contributed by atoms with Crippen molar-refractivity contribution in [2.45, 2.75) is 24.7 Å². The fourth-order valence-electron chi connectivity index (χ4n) is 2.90. The molecule has 0 saturated carbocycles. The van der Waals surface area contributed by atoms with Crippen LogP contribution in [0, 0.1) is 12.3 Å². The molecule has 3 heterocycles. The monoisotopic (exact) mass is 468 g/mol. The predicted octanol–water partition coefficient (Wildman–Crippen LogP) is 1.77. The number of thiazole rings is 2. The van der Waals surface area contributed by atoms with Crippen LogP contribution in [0.5, 0.6) is 0 Å². The Morgan fingerprint density at radius 2 is 2.00 bits per heavy atom. The lowest BCUT2D eigenvalue weighted by Gasteiger charge is -2.16. The third kappa shape index (κ3) is 5.00. The van der Waals surface area contributed by atoms with Crippen molar-refractivity contribution >= 4 is 45.6 Å². The standard InChI is InChI=1S/C21H16N4O5S2/c1-2-11-3-5-12(6-4-11)15-9-32-21(24-15)25-18(26)14(7-13-8-31-10-22-13)23-19(27)16-17(30-16)20(28)29/h1,3-6,8-10,14,16-17H,7H2,(H,23,27)(H,28,29)(H,24,25,26)/t14-,16?,17?/m0/s1. The number of carboxylic acids is 1. The van der Waals surface area contributed by atoms with E-state index in [1.165, 1.54) is 22.7 Å². The van der Waals surface area contributed by atoms with Crippen LogP contribution >= 0.6 is 22.7 Å². The number of terminal acetylenes is 1. The molecule has 2 amide bonds. The van der Waals surface area contributed by atoms with E-state index >= 15 is 0 Å². The molecule has 3 aromatic rings. The first-order valence-electron chi connectivity index (χ1n) is 9.33. The van der Waals surface area contributed by atoms with Gasteiger partial charge < -0.3 is 20.5 Å². The summed E-state index contributed by atoms with van der Waals surface area (Å²) in [4.78, 5) is 44.7. The molecule has 2 unspecified atom stereocenters. The minimum absolute atomic E-state index is 0.136. The topological polar surface area (TPSA) is 134 Å². The molecule has 1 aliphatic heterocycles. The first-order chi connectivity index (χ1) is 15.4. The van der Waals surface area contributed by atoms with Crippen LogP contribution in [0.25, 0.3) is 11.3 Å². The van der Waals surface area contributed by atoms with Gasteiger partial charge in [0, 0.05) is 28.3 Å². The van der Waals surface area contributed by atoms with Crippen LogP contribution in [-0.2, 0) is 25.5 Å². The maximum Gasteiger partial charge on any atom is 0.336 e. The van der Waals surface area contributed by atoms with Gasteiger partial charge in [0.05, 0.1) is 16.9 Å². The number of nitrogens with zero attached hydrogens (tertiary/aromatic N) is 2. The molecule has 0 radical (unpaired) electrons. The van der Waals surface area contributed by atoms with Crippen LogP contribution in [0.1, 0.15) is 11.3 Å². The number of carbonyl (C=O) groups excluding carboxylic acids is 2. The van der Waals surface area contributed by atoms with E-state index in [9.17, 15) is 14.4 Å². The van der Waals surface area contributed by atoms with Gasteiger partial charge in [-0.2, -0.15) is 0 Å². The average Bonchev–Trinajstić information content (AvgIpc) is 3.19. The zero-order valence-electron chi connectivity index (χ0n) is 16.3. The molecule has 0 spiro atoms. The number of aliphatic carboxylic acids is 1. The molecular weight excluding hydrogens is 452 g/mol. The number of benzene rings is 1. The first-order valence-corrected chi connectivity index (χ1v) is 11.2. The van der Waals surface area contributed by atoms with E-state index in [0.29, 0.717) is 16.5 Å². The minimum Gasteiger partial charge on any atom is -0.479 e. The zero-order valence-corrected chi connectivity index (χ0v) is 18.0. The molecule has 2 aromatic heterocycles. The number of hydrogen-bond acceptors (Lipinski definition) is 8. The maximum atomic E-state index is 12.9. The Balaban J connectivity index is 1.45. The summed E-state index contributed by atoms with van der Waals surface area (Å²) in [5.74, 6) is 0.160. The quantitative estimate of drug-likeness (QED) is 0.339. The fraction of sp³-hybridized carbons (Fsp3) is 0.190. The SMILES string of the molecule is C#Cc1ccc(-c2csc(NC(=O)[C@H](Cc3cscn3)NC(=O)C3OC3C(=O)O)n2)cc1. The molecule has 11 heteroatoms. The van der Waals surface area contributed by atoms with Gasteiger partial charge in [0.2, 0.25) is 5.91 Å². The summed E-state index contributed by atoms with van der Waals surface area (Å²) in [5.41, 5.74) is 4.51.